The van der Waals surface area contributed by atoms with Crippen LogP contribution in [-0.4, -0.2) is 89.3 Å². The van der Waals surface area contributed by atoms with Gasteiger partial charge in [-0.3, -0.25) is 0 Å². The molecule has 0 aliphatic rings. The Labute approximate surface area is 159 Å². The van der Waals surface area contributed by atoms with E-state index in [9.17, 15) is 0 Å². The van der Waals surface area contributed by atoms with Crippen molar-refractivity contribution in [2.75, 3.05) is 0 Å². The molecule has 0 N–H and O–H groups in total. The van der Waals surface area contributed by atoms with Crippen LogP contribution in [0.4, 0.5) is 0 Å². The molecule has 0 rings (SSSR count). The first-order chi connectivity index (χ1) is 0. The van der Waals surface area contributed by atoms with Gasteiger partial charge in [0.15, 0.2) is 17.4 Å². The minimum atomic E-state index is 0. The van der Waals surface area contributed by atoms with Gasteiger partial charge in [-0.15, -0.1) is 0 Å². The van der Waals surface area contributed by atoms with E-state index in [1.54, 1.807) is 0 Å². The molecular formula is H9AlBaLiMgNaNi. The smallest absolute Gasteiger partial charge is 1.00 e. The van der Waals surface area contributed by atoms with Crippen LogP contribution in [0.15, 0.2) is 0 Å². The standard InChI is InChI=1S/Al.Ba.Li.Mg.Na.Ni.9H/q;+2;+1;+2;+1;;;;;6*-1. The molecule has 0 radical (unpaired) electrons. The molecule has 0 atom stereocenters. The van der Waals surface area contributed by atoms with Crippen molar-refractivity contribution in [1.29, 1.82) is 0 Å². The predicted molar refractivity (Wildman–Crippen MR) is 28.1 cm³/mol. The summed E-state index contributed by atoms with van der Waals surface area (Å²) in [6.45, 7) is 0. The Morgan fingerprint density at radius 3 is 1.17 bits per heavy atom. The fourth-order valence-electron chi connectivity index (χ4n) is 0. The Kier molecular flexibility index (Phi) is 239. The van der Waals surface area contributed by atoms with Gasteiger partial charge in [-0.25, -0.2) is 0 Å². The van der Waals surface area contributed by atoms with Crippen molar-refractivity contribution in [3.63, 3.8) is 0 Å². The molecule has 0 saturated carbocycles. The van der Waals surface area contributed by atoms with Crippen LogP contribution in [0.25, 0.3) is 0 Å². The quantitative estimate of drug-likeness (QED) is 0.388. The summed E-state index contributed by atoms with van der Waals surface area (Å²) in [6.07, 6.45) is 0. The molecule has 0 heterocycles. The van der Waals surface area contributed by atoms with Crippen molar-refractivity contribution in [3.05, 3.63) is 0 Å². The third-order valence-corrected chi connectivity index (χ3v) is 0. The molecule has 0 aliphatic heterocycles. The van der Waals surface area contributed by atoms with Gasteiger partial charge in [-0.1, -0.05) is 0 Å². The Morgan fingerprint density at radius 1 is 1.17 bits per heavy atom. The Bertz CT molecular complexity index is 27.5. The first-order valence-electron chi connectivity index (χ1n) is 0. The minimum absolute atomic E-state index is 0. The molecule has 0 aromatic carbocycles. The van der Waals surface area contributed by atoms with E-state index < -0.39 is 0 Å². The Balaban J connectivity index is 0. The zero-order valence-electron chi connectivity index (χ0n) is 9.73. The SMILES string of the molecule is [AlH3].[Ba+2].[H-].[H-].[H-].[H-].[H-].[H-].[Li+].[Mg+2].[Na+].[Ni]. The van der Waals surface area contributed by atoms with Gasteiger partial charge in [0, 0.05) is 16.5 Å². The number of hydrogen-bond acceptors (Lipinski definition) is 0. The topological polar surface area (TPSA) is 0 Å². The summed E-state index contributed by atoms with van der Waals surface area (Å²) in [5.41, 5.74) is 0. The average molecular weight is 286 g/mol. The van der Waals surface area contributed by atoms with E-state index in [1.807, 2.05) is 0 Å². The van der Waals surface area contributed by atoms with Gasteiger partial charge >= 0.3 is 120 Å². The van der Waals surface area contributed by atoms with Crippen molar-refractivity contribution in [2.45, 2.75) is 0 Å². The van der Waals surface area contributed by atoms with Crippen LogP contribution in [0, 0.1) is 0 Å². The summed E-state index contributed by atoms with van der Waals surface area (Å²) >= 11 is 0. The molecule has 0 saturated heterocycles. The zero-order chi connectivity index (χ0) is 0. The van der Waals surface area contributed by atoms with Crippen LogP contribution in [-0.2, 0) is 16.5 Å². The Hall–Kier alpha value is 4.96. The summed E-state index contributed by atoms with van der Waals surface area (Å²) in [6, 6.07) is 0. The van der Waals surface area contributed by atoms with E-state index in [0.717, 1.165) is 0 Å². The van der Waals surface area contributed by atoms with E-state index >= 15 is 0 Å². The third-order valence-electron chi connectivity index (χ3n) is 0. The molecule has 0 aromatic heterocycles. The van der Waals surface area contributed by atoms with Gasteiger partial charge in [-0.2, -0.15) is 0 Å². The molecule has 0 nitrogen and oxygen atoms in total. The second-order valence-corrected chi connectivity index (χ2v) is 0. The molecule has 0 aliphatic carbocycles. The first-order valence-corrected chi connectivity index (χ1v) is 0. The second kappa shape index (κ2) is 32.5. The summed E-state index contributed by atoms with van der Waals surface area (Å²) in [5, 5.41) is 0. The van der Waals surface area contributed by atoms with Gasteiger partial charge in [0.1, 0.15) is 0 Å². The summed E-state index contributed by atoms with van der Waals surface area (Å²) < 4.78 is 0. The maximum atomic E-state index is 0. The van der Waals surface area contributed by atoms with Crippen LogP contribution >= 0.6 is 0 Å². The molecule has 6 heavy (non-hydrogen) atoms. The first kappa shape index (κ1) is 44.2. The third kappa shape index (κ3) is 23.1. The van der Waals surface area contributed by atoms with Crippen molar-refractivity contribution < 1.29 is 73.5 Å². The van der Waals surface area contributed by atoms with E-state index in [-0.39, 0.29) is 163 Å². The van der Waals surface area contributed by atoms with Crippen LogP contribution in [0.2, 0.25) is 0 Å². The zero-order valence-corrected chi connectivity index (χ0v) is 12.6. The monoisotopic (exact) mass is 286 g/mol. The van der Waals surface area contributed by atoms with Crippen LogP contribution in [0.3, 0.4) is 0 Å². The molecule has 0 spiro atoms. The molecule has 0 unspecified atom stereocenters. The summed E-state index contributed by atoms with van der Waals surface area (Å²) in [7, 11) is 0. The molecule has 0 bridgehead atoms. The van der Waals surface area contributed by atoms with Gasteiger partial charge in [-0.05, 0) is 0 Å². The van der Waals surface area contributed by atoms with E-state index in [0.29, 0.717) is 0 Å². The summed E-state index contributed by atoms with van der Waals surface area (Å²) in [5.74, 6) is 0. The molecule has 0 fully saturated rings. The van der Waals surface area contributed by atoms with Crippen molar-refractivity contribution in [3.8, 4) is 0 Å². The molecule has 28 valence electrons. The molecular weight excluding hydrogens is 277 g/mol. The van der Waals surface area contributed by atoms with Crippen molar-refractivity contribution >= 4 is 89.3 Å². The maximum Gasteiger partial charge on any atom is 2.00 e. The molecule has 0 aromatic rings. The minimum Gasteiger partial charge on any atom is -1.00 e. The Morgan fingerprint density at radius 2 is 1.17 bits per heavy atom. The molecule has 0 amide bonds. The van der Waals surface area contributed by atoms with Gasteiger partial charge in [0.25, 0.3) is 0 Å². The molecule has 6 heteroatoms. The second-order valence-electron chi connectivity index (χ2n) is 0. The van der Waals surface area contributed by atoms with Gasteiger partial charge in [0.05, 0.1) is 0 Å². The van der Waals surface area contributed by atoms with E-state index in [4.69, 9.17) is 0 Å². The largest absolute Gasteiger partial charge is 2.00 e. The van der Waals surface area contributed by atoms with Crippen LogP contribution in [0.5, 0.6) is 0 Å². The summed E-state index contributed by atoms with van der Waals surface area (Å²) in [4.78, 5) is 0. The van der Waals surface area contributed by atoms with Gasteiger partial charge in [0.2, 0.25) is 0 Å². The number of rotatable bonds is 0. The predicted octanol–water partition coefficient (Wildman–Crippen LogP) is -7.26. The van der Waals surface area contributed by atoms with E-state index in [2.05, 4.69) is 0 Å². The fourth-order valence-corrected chi connectivity index (χ4v) is 0. The van der Waals surface area contributed by atoms with Gasteiger partial charge < -0.3 is 8.56 Å². The van der Waals surface area contributed by atoms with Crippen LogP contribution < -0.4 is 48.4 Å². The van der Waals surface area contributed by atoms with Crippen molar-refractivity contribution in [1.82, 2.24) is 0 Å². The fraction of sp³-hybridized carbons (Fsp3) is 0. The van der Waals surface area contributed by atoms with Crippen molar-refractivity contribution in [2.24, 2.45) is 0 Å². The van der Waals surface area contributed by atoms with Crippen LogP contribution in [0.1, 0.15) is 8.56 Å². The maximum absolute atomic E-state index is 0. The number of hydrogen-bond donors (Lipinski definition) is 0. The average Bonchev–Trinajstić information content (AvgIpc) is 0. The van der Waals surface area contributed by atoms with E-state index in [1.165, 1.54) is 0 Å². The normalized spacial score (nSPS) is 0.